The average Bonchev–Trinajstić information content (AvgIpc) is 4.23. The number of fused-ring (bicyclic) bond motifs is 18. The first-order chi connectivity index (χ1) is 34.6. The monoisotopic (exact) mass is 926 g/mol. The van der Waals surface area contributed by atoms with Crippen LogP contribution in [0.1, 0.15) is 11.1 Å². The van der Waals surface area contributed by atoms with Gasteiger partial charge in [-0.3, -0.25) is 0 Å². The summed E-state index contributed by atoms with van der Waals surface area (Å²) in [6.45, 7) is 11.7. The van der Waals surface area contributed by atoms with E-state index in [2.05, 4.69) is 166 Å². The fourth-order valence-electron chi connectivity index (χ4n) is 11.7. The Morgan fingerprint density at radius 2 is 1.03 bits per heavy atom. The lowest BCUT2D eigenvalue weighted by atomic mass is 9.88. The van der Waals surface area contributed by atoms with Gasteiger partial charge in [-0.05, 0) is 53.9 Å². The number of hydrogen-bond donors (Lipinski definition) is 0. The second-order valence-corrected chi connectivity index (χ2v) is 20.2. The molecule has 0 aliphatic rings. The molecule has 0 spiro atoms. The zero-order valence-electron chi connectivity index (χ0n) is 37.4. The number of benzene rings is 10. The molecule has 0 bridgehead atoms. The van der Waals surface area contributed by atoms with E-state index in [-0.39, 0.29) is 0 Å². The maximum Gasteiger partial charge on any atom is 0.220 e. The van der Waals surface area contributed by atoms with Crippen LogP contribution < -0.4 is 0 Å². The third-order valence-corrected chi connectivity index (χ3v) is 16.9. The molecule has 5 nitrogen and oxygen atoms in total. The van der Waals surface area contributed by atoms with E-state index < -0.39 is 0 Å². The zero-order valence-corrected chi connectivity index (χ0v) is 39.0. The molecule has 15 rings (SSSR count). The van der Waals surface area contributed by atoms with Gasteiger partial charge in [0, 0.05) is 74.4 Å². The smallest absolute Gasteiger partial charge is 0.220 e. The summed E-state index contributed by atoms with van der Waals surface area (Å²) in [4.78, 5) is 4.65. The topological polar surface area (TPSA) is 51.1 Å². The highest BCUT2D eigenvalue weighted by molar-refractivity contribution is 7.27. The minimum Gasteiger partial charge on any atom is -0.454 e. The Labute approximate surface area is 407 Å². The Balaban J connectivity index is 1.27. The quantitative estimate of drug-likeness (QED) is 0.165. The maximum absolute atomic E-state index is 12.1. The van der Waals surface area contributed by atoms with Crippen LogP contribution in [0.3, 0.4) is 0 Å². The molecule has 0 saturated carbocycles. The van der Waals surface area contributed by atoms with Gasteiger partial charge in [-0.25, -0.2) is 4.85 Å². The number of nitriles is 1. The zero-order chi connectivity index (χ0) is 46.4. The van der Waals surface area contributed by atoms with Crippen molar-refractivity contribution in [3.63, 3.8) is 0 Å². The minimum atomic E-state index is 0.409. The Bertz CT molecular complexity index is 4730. The van der Waals surface area contributed by atoms with E-state index in [1.54, 1.807) is 22.7 Å². The first-order valence-electron chi connectivity index (χ1n) is 23.3. The normalized spacial score (nSPS) is 12.0. The van der Waals surface area contributed by atoms with Crippen molar-refractivity contribution in [2.24, 2.45) is 0 Å². The summed E-state index contributed by atoms with van der Waals surface area (Å²) in [5, 5.41) is 23.2. The standard InChI is InChI=1S/C63H34N4OS2/c1-35-33-46-38-21-10-14-26-49(38)68-61(46)60-52(35)45-24-9-13-25-48(45)66(60)56-47(34-64)53(36-17-5-3-6-18-36)55(65-2)59(54(56)37-19-7-4-8-20-37)67-57-41(29-31-43-39-22-11-15-27-50(39)69-62(43)57)42-30-32-44-40-23-12-16-28-51(40)70-63(44)58(42)67/h3-33H,1H3. The summed E-state index contributed by atoms with van der Waals surface area (Å²) in [5.41, 5.74) is 11.8. The van der Waals surface area contributed by atoms with Crippen molar-refractivity contribution < 1.29 is 4.42 Å². The van der Waals surface area contributed by atoms with Crippen molar-refractivity contribution in [3.8, 4) is 39.7 Å². The second kappa shape index (κ2) is 14.5. The van der Waals surface area contributed by atoms with E-state index in [0.717, 1.165) is 114 Å². The van der Waals surface area contributed by atoms with Crippen LogP contribution in [-0.2, 0) is 0 Å². The van der Waals surface area contributed by atoms with Crippen LogP contribution in [0.25, 0.3) is 144 Å². The largest absolute Gasteiger partial charge is 0.454 e. The van der Waals surface area contributed by atoms with Crippen LogP contribution in [0.5, 0.6) is 0 Å². The fourth-order valence-corrected chi connectivity index (χ4v) is 14.1. The van der Waals surface area contributed by atoms with Gasteiger partial charge in [0.05, 0.1) is 55.0 Å². The third-order valence-electron chi connectivity index (χ3n) is 14.5. The van der Waals surface area contributed by atoms with Gasteiger partial charge in [0.25, 0.3) is 0 Å². The van der Waals surface area contributed by atoms with Gasteiger partial charge in [-0.1, -0.05) is 158 Å². The number of para-hydroxylation sites is 2. The highest BCUT2D eigenvalue weighted by Gasteiger charge is 2.34. The van der Waals surface area contributed by atoms with E-state index in [0.29, 0.717) is 22.5 Å². The van der Waals surface area contributed by atoms with E-state index in [9.17, 15) is 11.8 Å². The van der Waals surface area contributed by atoms with Gasteiger partial charge in [-0.2, -0.15) is 5.26 Å². The number of aryl methyl sites for hydroxylation is 1. The first-order valence-corrected chi connectivity index (χ1v) is 24.9. The van der Waals surface area contributed by atoms with Crippen LogP contribution in [0.15, 0.2) is 192 Å². The first kappa shape index (κ1) is 39.1. The predicted molar refractivity (Wildman–Crippen MR) is 295 cm³/mol. The summed E-state index contributed by atoms with van der Waals surface area (Å²) in [6.07, 6.45) is 0. The predicted octanol–water partition coefficient (Wildman–Crippen LogP) is 18.6. The fraction of sp³-hybridized carbons (Fsp3) is 0.0159. The molecule has 0 amide bonds. The van der Waals surface area contributed by atoms with Crippen LogP contribution in [-0.4, -0.2) is 9.13 Å². The van der Waals surface area contributed by atoms with Gasteiger partial charge in [0.1, 0.15) is 11.7 Å². The number of aromatic nitrogens is 2. The number of furan rings is 1. The molecule has 0 atom stereocenters. The highest BCUT2D eigenvalue weighted by atomic mass is 32.1. The van der Waals surface area contributed by atoms with Gasteiger partial charge in [0.15, 0.2) is 5.58 Å². The number of rotatable bonds is 4. The van der Waals surface area contributed by atoms with Crippen molar-refractivity contribution in [1.29, 1.82) is 5.26 Å². The summed E-state index contributed by atoms with van der Waals surface area (Å²) < 4.78 is 16.4. The lowest BCUT2D eigenvalue weighted by Crippen LogP contribution is -2.09. The molecule has 5 heterocycles. The molecule has 0 unspecified atom stereocenters. The minimum absolute atomic E-state index is 0.409. The van der Waals surface area contributed by atoms with Crippen molar-refractivity contribution in [2.45, 2.75) is 6.92 Å². The van der Waals surface area contributed by atoms with E-state index in [1.807, 2.05) is 48.5 Å². The molecule has 7 heteroatoms. The van der Waals surface area contributed by atoms with Gasteiger partial charge in [-0.15, -0.1) is 22.7 Å². The maximum atomic E-state index is 12.1. The third kappa shape index (κ3) is 5.12. The van der Waals surface area contributed by atoms with Gasteiger partial charge in [0.2, 0.25) is 5.69 Å². The van der Waals surface area contributed by atoms with Gasteiger partial charge >= 0.3 is 0 Å². The van der Waals surface area contributed by atoms with Crippen LogP contribution >= 0.6 is 22.7 Å². The molecule has 15 aromatic rings. The lowest BCUT2D eigenvalue weighted by Gasteiger charge is -2.26. The molecule has 0 radical (unpaired) electrons. The van der Waals surface area contributed by atoms with Crippen LogP contribution in [0.4, 0.5) is 5.69 Å². The number of thiophene rings is 2. The lowest BCUT2D eigenvalue weighted by molar-refractivity contribution is 0.671. The number of hydrogen-bond acceptors (Lipinski definition) is 4. The molecule has 324 valence electrons. The average molecular weight is 927 g/mol. The Hall–Kier alpha value is -8.98. The van der Waals surface area contributed by atoms with E-state index in [1.165, 1.54) is 20.2 Å². The number of nitrogens with zero attached hydrogens (tertiary/aromatic N) is 4. The Morgan fingerprint density at radius 3 is 1.64 bits per heavy atom. The summed E-state index contributed by atoms with van der Waals surface area (Å²) >= 11 is 3.59. The van der Waals surface area contributed by atoms with Gasteiger partial charge < -0.3 is 13.6 Å². The van der Waals surface area contributed by atoms with Crippen LogP contribution in [0.2, 0.25) is 0 Å². The van der Waals surface area contributed by atoms with Crippen molar-refractivity contribution >= 4 is 134 Å². The Morgan fingerprint density at radius 1 is 0.500 bits per heavy atom. The summed E-state index contributed by atoms with van der Waals surface area (Å²) in [5.74, 6) is 0. The molecule has 70 heavy (non-hydrogen) atoms. The SMILES string of the molecule is [C-]#[N+]c1c(-c2ccccc2)c(C#N)c(-n2c3ccccc3c3c(C)cc4c5ccccc5oc4c32)c(-c2ccccc2)c1-n1c2c(ccc3c4ccccc4sc32)c2ccc3c4ccccc4sc3c21. The van der Waals surface area contributed by atoms with Crippen molar-refractivity contribution in [2.75, 3.05) is 0 Å². The molecule has 5 aromatic heterocycles. The molecule has 0 saturated heterocycles. The summed E-state index contributed by atoms with van der Waals surface area (Å²) in [7, 11) is 0. The summed E-state index contributed by atoms with van der Waals surface area (Å²) in [6, 6.07) is 68.7. The second-order valence-electron chi connectivity index (χ2n) is 18.1. The van der Waals surface area contributed by atoms with E-state index >= 15 is 0 Å². The molecule has 10 aromatic carbocycles. The van der Waals surface area contributed by atoms with Crippen molar-refractivity contribution in [1.82, 2.24) is 9.13 Å². The Kier molecular flexibility index (Phi) is 8.10. The molecule has 0 aliphatic heterocycles. The highest BCUT2D eigenvalue weighted by Crippen LogP contribution is 2.55. The molecule has 0 N–H and O–H groups in total. The molecular weight excluding hydrogens is 893 g/mol. The van der Waals surface area contributed by atoms with Crippen molar-refractivity contribution in [3.05, 3.63) is 211 Å². The molecule has 0 fully saturated rings. The molecule has 0 aliphatic carbocycles. The van der Waals surface area contributed by atoms with E-state index in [4.69, 9.17) is 4.42 Å². The van der Waals surface area contributed by atoms with Crippen LogP contribution in [0, 0.1) is 24.8 Å². The molecular formula is C63H34N4OS2.